The highest BCUT2D eigenvalue weighted by molar-refractivity contribution is 7.09. The zero-order valence-corrected chi connectivity index (χ0v) is 15.1. The standard InChI is InChI=1S/C20H21N3OS/c1-16-19(25-15-22-16)14-23(13-18-5-3-2-4-6-18)20(24)8-7-17-9-11-21-12-10-17/h2-6,9-12,15H,7-8,13-14H2,1H3. The first-order chi connectivity index (χ1) is 12.2. The molecule has 0 saturated heterocycles. The van der Waals surface area contributed by atoms with Crippen molar-refractivity contribution in [3.05, 3.63) is 82.1 Å². The lowest BCUT2D eigenvalue weighted by Crippen LogP contribution is -2.30. The van der Waals surface area contributed by atoms with E-state index in [0.717, 1.165) is 28.1 Å². The molecule has 2 aromatic heterocycles. The minimum Gasteiger partial charge on any atom is -0.333 e. The van der Waals surface area contributed by atoms with E-state index in [-0.39, 0.29) is 5.91 Å². The summed E-state index contributed by atoms with van der Waals surface area (Å²) in [4.78, 5) is 24.3. The highest BCUT2D eigenvalue weighted by atomic mass is 32.1. The van der Waals surface area contributed by atoms with Crippen molar-refractivity contribution >= 4 is 17.2 Å². The van der Waals surface area contributed by atoms with Gasteiger partial charge >= 0.3 is 0 Å². The van der Waals surface area contributed by atoms with E-state index in [1.807, 2.05) is 47.7 Å². The van der Waals surface area contributed by atoms with E-state index >= 15 is 0 Å². The second-order valence-corrected chi connectivity index (χ2v) is 6.89. The summed E-state index contributed by atoms with van der Waals surface area (Å²) in [7, 11) is 0. The van der Waals surface area contributed by atoms with Crippen LogP contribution in [0.15, 0.2) is 60.4 Å². The summed E-state index contributed by atoms with van der Waals surface area (Å²) in [6.07, 6.45) is 4.76. The first-order valence-electron chi connectivity index (χ1n) is 8.32. The van der Waals surface area contributed by atoms with Crippen LogP contribution < -0.4 is 0 Å². The average Bonchev–Trinajstić information content (AvgIpc) is 3.05. The average molecular weight is 351 g/mol. The van der Waals surface area contributed by atoms with E-state index in [0.29, 0.717) is 19.5 Å². The van der Waals surface area contributed by atoms with E-state index in [9.17, 15) is 4.79 Å². The van der Waals surface area contributed by atoms with Gasteiger partial charge in [-0.15, -0.1) is 11.3 Å². The highest BCUT2D eigenvalue weighted by Crippen LogP contribution is 2.18. The molecule has 0 aliphatic rings. The molecule has 1 aromatic carbocycles. The molecular formula is C20H21N3OS. The molecular weight excluding hydrogens is 330 g/mol. The number of aromatic nitrogens is 2. The molecule has 2 heterocycles. The third-order valence-electron chi connectivity index (χ3n) is 4.13. The van der Waals surface area contributed by atoms with E-state index in [2.05, 4.69) is 22.1 Å². The van der Waals surface area contributed by atoms with Gasteiger partial charge in [-0.25, -0.2) is 4.98 Å². The van der Waals surface area contributed by atoms with Crippen molar-refractivity contribution in [3.8, 4) is 0 Å². The molecule has 0 unspecified atom stereocenters. The molecule has 0 aliphatic heterocycles. The Morgan fingerprint density at radius 3 is 2.48 bits per heavy atom. The van der Waals surface area contributed by atoms with E-state index in [4.69, 9.17) is 0 Å². The Morgan fingerprint density at radius 1 is 1.04 bits per heavy atom. The number of carbonyl (C=O) groups is 1. The van der Waals surface area contributed by atoms with Crippen molar-refractivity contribution < 1.29 is 4.79 Å². The van der Waals surface area contributed by atoms with Crippen LogP contribution in [0.25, 0.3) is 0 Å². The summed E-state index contributed by atoms with van der Waals surface area (Å²) in [5.74, 6) is 0.161. The summed E-state index contributed by atoms with van der Waals surface area (Å²) in [6.45, 7) is 3.22. The topological polar surface area (TPSA) is 46.1 Å². The number of benzene rings is 1. The van der Waals surface area contributed by atoms with Gasteiger partial charge in [0, 0.05) is 30.2 Å². The third kappa shape index (κ3) is 4.97. The Labute approximate surface area is 152 Å². The van der Waals surface area contributed by atoms with Gasteiger partial charge in [-0.05, 0) is 36.6 Å². The van der Waals surface area contributed by atoms with E-state index < -0.39 is 0 Å². The Kier molecular flexibility index (Phi) is 5.90. The fourth-order valence-electron chi connectivity index (χ4n) is 2.65. The molecule has 4 nitrogen and oxygen atoms in total. The van der Waals surface area contributed by atoms with Gasteiger partial charge in [-0.2, -0.15) is 0 Å². The lowest BCUT2D eigenvalue weighted by atomic mass is 10.1. The maximum Gasteiger partial charge on any atom is 0.223 e. The van der Waals surface area contributed by atoms with Gasteiger partial charge in [-0.1, -0.05) is 30.3 Å². The number of amides is 1. The van der Waals surface area contributed by atoms with E-state index in [1.165, 1.54) is 0 Å². The van der Waals surface area contributed by atoms with Crippen LogP contribution in [0.3, 0.4) is 0 Å². The fraction of sp³-hybridized carbons (Fsp3) is 0.250. The number of thiazole rings is 1. The van der Waals surface area contributed by atoms with Gasteiger partial charge in [0.2, 0.25) is 5.91 Å². The summed E-state index contributed by atoms with van der Waals surface area (Å²) in [5.41, 5.74) is 5.12. The molecule has 0 fully saturated rings. The van der Waals surface area contributed by atoms with Crippen LogP contribution in [0.1, 0.15) is 28.1 Å². The number of pyridine rings is 1. The molecule has 0 atom stereocenters. The highest BCUT2D eigenvalue weighted by Gasteiger charge is 2.16. The summed E-state index contributed by atoms with van der Waals surface area (Å²) in [5, 5.41) is 0. The van der Waals surface area contributed by atoms with Crippen LogP contribution in [-0.2, 0) is 24.3 Å². The normalized spacial score (nSPS) is 10.6. The predicted molar refractivity (Wildman–Crippen MR) is 100 cm³/mol. The second-order valence-electron chi connectivity index (χ2n) is 5.95. The fourth-order valence-corrected chi connectivity index (χ4v) is 3.44. The number of hydrogen-bond donors (Lipinski definition) is 0. The Morgan fingerprint density at radius 2 is 1.80 bits per heavy atom. The number of aryl methyl sites for hydroxylation is 2. The molecule has 0 spiro atoms. The molecule has 0 N–H and O–H groups in total. The van der Waals surface area contributed by atoms with E-state index in [1.54, 1.807) is 23.7 Å². The molecule has 3 aromatic rings. The zero-order chi connectivity index (χ0) is 17.5. The SMILES string of the molecule is Cc1ncsc1CN(Cc1ccccc1)C(=O)CCc1ccncc1. The lowest BCUT2D eigenvalue weighted by molar-refractivity contribution is -0.132. The maximum absolute atomic E-state index is 12.9. The number of carbonyl (C=O) groups excluding carboxylic acids is 1. The van der Waals surface area contributed by atoms with Crippen molar-refractivity contribution in [3.63, 3.8) is 0 Å². The number of hydrogen-bond acceptors (Lipinski definition) is 4. The lowest BCUT2D eigenvalue weighted by Gasteiger charge is -2.23. The largest absolute Gasteiger partial charge is 0.333 e. The van der Waals surface area contributed by atoms with Crippen molar-refractivity contribution in [1.29, 1.82) is 0 Å². The predicted octanol–water partition coefficient (Wildman–Crippen LogP) is 4.01. The molecule has 3 rings (SSSR count). The molecule has 1 amide bonds. The van der Waals surface area contributed by atoms with Gasteiger partial charge in [0.1, 0.15) is 0 Å². The van der Waals surface area contributed by atoms with Crippen LogP contribution in [0.2, 0.25) is 0 Å². The van der Waals surface area contributed by atoms with Crippen LogP contribution in [0.5, 0.6) is 0 Å². The van der Waals surface area contributed by atoms with Crippen LogP contribution in [0, 0.1) is 6.92 Å². The van der Waals surface area contributed by atoms with Crippen molar-refractivity contribution in [1.82, 2.24) is 14.9 Å². The van der Waals surface area contributed by atoms with Gasteiger partial charge in [-0.3, -0.25) is 9.78 Å². The van der Waals surface area contributed by atoms with Crippen LogP contribution >= 0.6 is 11.3 Å². The van der Waals surface area contributed by atoms with Crippen LogP contribution in [0.4, 0.5) is 0 Å². The Balaban J connectivity index is 1.70. The smallest absolute Gasteiger partial charge is 0.223 e. The van der Waals surface area contributed by atoms with Gasteiger partial charge < -0.3 is 4.90 Å². The molecule has 128 valence electrons. The number of nitrogens with zero attached hydrogens (tertiary/aromatic N) is 3. The quantitative estimate of drug-likeness (QED) is 0.646. The molecule has 0 bridgehead atoms. The van der Waals surface area contributed by atoms with Crippen LogP contribution in [-0.4, -0.2) is 20.8 Å². The molecule has 5 heteroatoms. The number of rotatable bonds is 7. The molecule has 0 aliphatic carbocycles. The zero-order valence-electron chi connectivity index (χ0n) is 14.3. The molecule has 25 heavy (non-hydrogen) atoms. The maximum atomic E-state index is 12.9. The Hall–Kier alpha value is -2.53. The minimum atomic E-state index is 0.161. The summed E-state index contributed by atoms with van der Waals surface area (Å²) >= 11 is 1.61. The second kappa shape index (κ2) is 8.53. The minimum absolute atomic E-state index is 0.161. The third-order valence-corrected chi connectivity index (χ3v) is 5.05. The monoisotopic (exact) mass is 351 g/mol. The Bertz CT molecular complexity index is 802. The summed E-state index contributed by atoms with van der Waals surface area (Å²) < 4.78 is 0. The van der Waals surface area contributed by atoms with Crippen molar-refractivity contribution in [2.24, 2.45) is 0 Å². The first-order valence-corrected chi connectivity index (χ1v) is 9.20. The first kappa shape index (κ1) is 17.3. The van der Waals surface area contributed by atoms with Crippen molar-refractivity contribution in [2.45, 2.75) is 32.9 Å². The van der Waals surface area contributed by atoms with Gasteiger partial charge in [0.25, 0.3) is 0 Å². The van der Waals surface area contributed by atoms with Gasteiger partial charge in [0.05, 0.1) is 17.7 Å². The molecule has 0 saturated carbocycles. The van der Waals surface area contributed by atoms with Crippen molar-refractivity contribution in [2.75, 3.05) is 0 Å². The molecule has 0 radical (unpaired) electrons. The van der Waals surface area contributed by atoms with Gasteiger partial charge in [0.15, 0.2) is 0 Å². The summed E-state index contributed by atoms with van der Waals surface area (Å²) in [6, 6.07) is 14.0.